The van der Waals surface area contributed by atoms with Crippen molar-refractivity contribution >= 4 is 22.6 Å². The lowest BCUT2D eigenvalue weighted by atomic mass is 9.68. The quantitative estimate of drug-likeness (QED) is 0.223. The normalized spacial score (nSPS) is 30.5. The van der Waals surface area contributed by atoms with Gasteiger partial charge in [0.15, 0.2) is 0 Å². The van der Waals surface area contributed by atoms with Crippen LogP contribution in [0.4, 0.5) is 48.3 Å². The molecule has 25 heavy (non-hydrogen) atoms. The fourth-order valence-electron chi connectivity index (χ4n) is 2.65. The number of hydrogen-bond donors (Lipinski definition) is 0. The highest BCUT2D eigenvalue weighted by Gasteiger charge is 3.00. The van der Waals surface area contributed by atoms with Gasteiger partial charge >= 0.3 is 29.6 Å². The molecular weight excluding hydrogens is 492 g/mol. The summed E-state index contributed by atoms with van der Waals surface area (Å²) in [4.78, 5) is 0. The minimum atomic E-state index is -7.15. The van der Waals surface area contributed by atoms with Gasteiger partial charge in [0.1, 0.15) is 0 Å². The highest BCUT2D eigenvalue weighted by molar-refractivity contribution is 14.1. The SMILES string of the molecule is CCCCC(C)(I)CC1(F)C(F)(F)C(F)(F)C(F)(F)C(F)(F)C1(F)F. The van der Waals surface area contributed by atoms with Crippen LogP contribution in [0.5, 0.6) is 0 Å². The third-order valence-electron chi connectivity index (χ3n) is 4.24. The number of alkyl halides is 12. The molecule has 0 aliphatic heterocycles. The van der Waals surface area contributed by atoms with E-state index < -0.39 is 45.1 Å². The Hall–Kier alpha value is -0.0400. The minimum Gasteiger partial charge on any atom is -0.230 e. The average Bonchev–Trinajstić information content (AvgIpc) is 2.42. The second-order valence-corrected chi connectivity index (χ2v) is 8.97. The maximum Gasteiger partial charge on any atom is 0.384 e. The molecule has 0 aromatic carbocycles. The lowest BCUT2D eigenvalue weighted by Gasteiger charge is -2.53. The zero-order chi connectivity index (χ0) is 20.3. The van der Waals surface area contributed by atoms with Crippen LogP contribution >= 0.6 is 22.6 Å². The standard InChI is InChI=1S/C13H14F11I/c1-3-4-5-7(2,25)6-8(14)9(15,16)11(19,20)13(23,24)12(21,22)10(8,17)18/h3-6H2,1-2H3. The summed E-state index contributed by atoms with van der Waals surface area (Å²) in [5, 5.41) is 0. The summed E-state index contributed by atoms with van der Waals surface area (Å²) in [6.07, 6.45) is -1.87. The molecule has 1 aliphatic rings. The van der Waals surface area contributed by atoms with Crippen LogP contribution in [0.25, 0.3) is 0 Å². The van der Waals surface area contributed by atoms with Crippen LogP contribution in [0.3, 0.4) is 0 Å². The van der Waals surface area contributed by atoms with E-state index in [1.54, 1.807) is 6.92 Å². The second kappa shape index (κ2) is 5.98. The molecule has 0 aromatic heterocycles. The molecule has 0 amide bonds. The number of unbranched alkanes of at least 4 members (excludes halogenated alkanes) is 1. The van der Waals surface area contributed by atoms with Crippen LogP contribution in [0.1, 0.15) is 39.5 Å². The van der Waals surface area contributed by atoms with Gasteiger partial charge in [-0.2, -0.15) is 43.9 Å². The van der Waals surface area contributed by atoms with Crippen LogP contribution in [0, 0.1) is 0 Å². The second-order valence-electron chi connectivity index (χ2n) is 6.37. The first-order valence-electron chi connectivity index (χ1n) is 7.04. The lowest BCUT2D eigenvalue weighted by molar-refractivity contribution is -0.486. The third-order valence-corrected chi connectivity index (χ3v) is 5.16. The Kier molecular flexibility index (Phi) is 5.50. The Morgan fingerprint density at radius 2 is 1.00 bits per heavy atom. The number of hydrogen-bond acceptors (Lipinski definition) is 0. The summed E-state index contributed by atoms with van der Waals surface area (Å²) in [6.45, 7) is 2.50. The molecule has 0 N–H and O–H groups in total. The van der Waals surface area contributed by atoms with Crippen molar-refractivity contribution in [2.45, 2.75) is 78.2 Å². The van der Waals surface area contributed by atoms with Gasteiger partial charge in [-0.15, -0.1) is 0 Å². The highest BCUT2D eigenvalue weighted by Crippen LogP contribution is 2.71. The van der Waals surface area contributed by atoms with Crippen molar-refractivity contribution in [1.82, 2.24) is 0 Å². The first kappa shape index (κ1) is 23.0. The molecule has 12 heteroatoms. The molecular formula is C13H14F11I. The molecule has 0 nitrogen and oxygen atoms in total. The van der Waals surface area contributed by atoms with Gasteiger partial charge in [0.2, 0.25) is 0 Å². The van der Waals surface area contributed by atoms with Gasteiger partial charge in [-0.1, -0.05) is 49.3 Å². The summed E-state index contributed by atoms with van der Waals surface area (Å²) >= 11 is 1.19. The van der Waals surface area contributed by atoms with Crippen molar-refractivity contribution in [1.29, 1.82) is 0 Å². The Morgan fingerprint density at radius 3 is 1.32 bits per heavy atom. The van der Waals surface area contributed by atoms with E-state index in [1.165, 1.54) is 22.6 Å². The van der Waals surface area contributed by atoms with E-state index in [1.807, 2.05) is 0 Å². The van der Waals surface area contributed by atoms with Gasteiger partial charge in [-0.25, -0.2) is 4.39 Å². The Bertz CT molecular complexity index is 482. The fraction of sp³-hybridized carbons (Fsp3) is 1.00. The molecule has 0 bridgehead atoms. The molecule has 1 atom stereocenters. The molecule has 150 valence electrons. The van der Waals surface area contributed by atoms with Gasteiger partial charge in [0.05, 0.1) is 0 Å². The van der Waals surface area contributed by atoms with Crippen molar-refractivity contribution in [2.75, 3.05) is 0 Å². The number of rotatable bonds is 5. The zero-order valence-electron chi connectivity index (χ0n) is 12.9. The minimum absolute atomic E-state index is 0.162. The van der Waals surface area contributed by atoms with Gasteiger partial charge in [-0.05, 0) is 6.42 Å². The lowest BCUT2D eigenvalue weighted by Crippen LogP contribution is -2.84. The third kappa shape index (κ3) is 2.74. The molecule has 0 heterocycles. The Balaban J connectivity index is 3.61. The van der Waals surface area contributed by atoms with Crippen molar-refractivity contribution < 1.29 is 48.3 Å². The highest BCUT2D eigenvalue weighted by atomic mass is 127. The molecule has 0 aromatic rings. The molecule has 0 saturated heterocycles. The summed E-state index contributed by atoms with van der Waals surface area (Å²) in [7, 11) is 0. The first-order chi connectivity index (χ1) is 10.8. The van der Waals surface area contributed by atoms with E-state index in [0.717, 1.165) is 6.92 Å². The van der Waals surface area contributed by atoms with Gasteiger partial charge in [0.25, 0.3) is 5.67 Å². The maximum absolute atomic E-state index is 14.6. The van der Waals surface area contributed by atoms with Crippen molar-refractivity contribution in [3.63, 3.8) is 0 Å². The Labute approximate surface area is 149 Å². The van der Waals surface area contributed by atoms with E-state index in [9.17, 15) is 48.3 Å². The molecule has 0 spiro atoms. The topological polar surface area (TPSA) is 0 Å². The molecule has 1 rings (SSSR count). The average molecular weight is 506 g/mol. The van der Waals surface area contributed by atoms with Crippen LogP contribution in [0.15, 0.2) is 0 Å². The van der Waals surface area contributed by atoms with Gasteiger partial charge < -0.3 is 0 Å². The van der Waals surface area contributed by atoms with E-state index in [4.69, 9.17) is 0 Å². The van der Waals surface area contributed by atoms with Crippen molar-refractivity contribution in [3.8, 4) is 0 Å². The van der Waals surface area contributed by atoms with Gasteiger partial charge in [-0.3, -0.25) is 0 Å². The van der Waals surface area contributed by atoms with Crippen LogP contribution in [-0.2, 0) is 0 Å². The zero-order valence-corrected chi connectivity index (χ0v) is 15.0. The predicted molar refractivity (Wildman–Crippen MR) is 75.1 cm³/mol. The van der Waals surface area contributed by atoms with Crippen LogP contribution in [0.2, 0.25) is 0 Å². The number of halogens is 12. The van der Waals surface area contributed by atoms with E-state index in [-0.39, 0.29) is 12.8 Å². The molecule has 1 saturated carbocycles. The first-order valence-corrected chi connectivity index (χ1v) is 8.11. The molecule has 0 radical (unpaired) electrons. The summed E-state index contributed by atoms with van der Waals surface area (Å²) in [5.41, 5.74) is -5.88. The maximum atomic E-state index is 14.6. The predicted octanol–water partition coefficient (Wildman–Crippen LogP) is 6.66. The van der Waals surface area contributed by atoms with E-state index in [2.05, 4.69) is 0 Å². The fourth-order valence-corrected chi connectivity index (χ4v) is 3.56. The van der Waals surface area contributed by atoms with Crippen LogP contribution < -0.4 is 0 Å². The molecule has 1 fully saturated rings. The summed E-state index contributed by atoms with van der Waals surface area (Å²) in [6, 6.07) is 0. The van der Waals surface area contributed by atoms with Crippen molar-refractivity contribution in [2.24, 2.45) is 0 Å². The smallest absolute Gasteiger partial charge is 0.230 e. The van der Waals surface area contributed by atoms with Crippen LogP contribution in [-0.4, -0.2) is 38.7 Å². The monoisotopic (exact) mass is 506 g/mol. The molecule has 1 unspecified atom stereocenters. The largest absolute Gasteiger partial charge is 0.384 e. The molecule has 1 aliphatic carbocycles. The Morgan fingerprint density at radius 1 is 0.680 bits per heavy atom. The van der Waals surface area contributed by atoms with E-state index in [0.29, 0.717) is 6.42 Å². The van der Waals surface area contributed by atoms with Crippen molar-refractivity contribution in [3.05, 3.63) is 0 Å². The summed E-state index contributed by atoms with van der Waals surface area (Å²) in [5.74, 6) is -34.6. The summed E-state index contributed by atoms with van der Waals surface area (Å²) < 4.78 is 148. The van der Waals surface area contributed by atoms with E-state index >= 15 is 0 Å². The van der Waals surface area contributed by atoms with Gasteiger partial charge in [0, 0.05) is 9.84 Å².